The van der Waals surface area contributed by atoms with E-state index in [-0.39, 0.29) is 0 Å². The molecule has 0 radical (unpaired) electrons. The van der Waals surface area contributed by atoms with E-state index in [1.54, 1.807) is 6.33 Å². The van der Waals surface area contributed by atoms with Crippen LogP contribution in [-0.4, -0.2) is 15.0 Å². The lowest BCUT2D eigenvalue weighted by Gasteiger charge is -2.05. The molecule has 0 unspecified atom stereocenters. The molecule has 0 saturated heterocycles. The molecule has 0 amide bonds. The van der Waals surface area contributed by atoms with Gasteiger partial charge in [0.1, 0.15) is 6.33 Å². The van der Waals surface area contributed by atoms with Crippen molar-refractivity contribution in [2.24, 2.45) is 0 Å². The zero-order valence-corrected chi connectivity index (χ0v) is 15.1. The van der Waals surface area contributed by atoms with Crippen molar-refractivity contribution < 1.29 is 4.57 Å². The molecule has 0 aliphatic rings. The molecule has 0 spiro atoms. The van der Waals surface area contributed by atoms with E-state index >= 15 is 0 Å². The van der Waals surface area contributed by atoms with Crippen molar-refractivity contribution in [2.45, 2.75) is 0 Å². The van der Waals surface area contributed by atoms with Gasteiger partial charge in [0.2, 0.25) is 11.2 Å². The SMILES string of the molecule is c1ccc(-c2ncnc(-c3cccc(-[n+]4cccc5ccccc54)c3)n2)cc1. The van der Waals surface area contributed by atoms with Crippen LogP contribution in [0.15, 0.2) is 104 Å². The van der Waals surface area contributed by atoms with Gasteiger partial charge in [0, 0.05) is 40.8 Å². The Hall–Kier alpha value is -3.92. The lowest BCUT2D eigenvalue weighted by atomic mass is 10.1. The lowest BCUT2D eigenvalue weighted by Crippen LogP contribution is -2.30. The maximum atomic E-state index is 4.68. The van der Waals surface area contributed by atoms with Crippen molar-refractivity contribution in [1.82, 2.24) is 15.0 Å². The first-order valence-electron chi connectivity index (χ1n) is 9.13. The van der Waals surface area contributed by atoms with E-state index in [4.69, 9.17) is 0 Å². The Balaban J connectivity index is 1.60. The van der Waals surface area contributed by atoms with Crippen molar-refractivity contribution in [3.05, 3.63) is 104 Å². The van der Waals surface area contributed by atoms with Crippen LogP contribution in [0.2, 0.25) is 0 Å². The summed E-state index contributed by atoms with van der Waals surface area (Å²) in [5.41, 5.74) is 4.15. The summed E-state index contributed by atoms with van der Waals surface area (Å²) in [6.07, 6.45) is 3.65. The fourth-order valence-electron chi connectivity index (χ4n) is 3.34. The molecule has 4 nitrogen and oxygen atoms in total. The highest BCUT2D eigenvalue weighted by Gasteiger charge is 2.13. The lowest BCUT2D eigenvalue weighted by molar-refractivity contribution is -0.567. The molecule has 0 bridgehead atoms. The molecule has 4 heteroatoms. The van der Waals surface area contributed by atoms with Crippen LogP contribution in [0.4, 0.5) is 0 Å². The van der Waals surface area contributed by atoms with Gasteiger partial charge >= 0.3 is 0 Å². The van der Waals surface area contributed by atoms with E-state index in [0.29, 0.717) is 11.6 Å². The number of aromatic nitrogens is 4. The van der Waals surface area contributed by atoms with Crippen LogP contribution in [0.5, 0.6) is 0 Å². The summed E-state index contributed by atoms with van der Waals surface area (Å²) in [4.78, 5) is 13.4. The fourth-order valence-corrected chi connectivity index (χ4v) is 3.34. The van der Waals surface area contributed by atoms with Gasteiger partial charge in [-0.2, -0.15) is 4.57 Å². The predicted octanol–water partition coefficient (Wildman–Crippen LogP) is 4.64. The molecule has 5 aromatic rings. The molecule has 28 heavy (non-hydrogen) atoms. The zero-order chi connectivity index (χ0) is 18.8. The topological polar surface area (TPSA) is 42.5 Å². The summed E-state index contributed by atoms with van der Waals surface area (Å²) in [5.74, 6) is 1.34. The summed E-state index contributed by atoms with van der Waals surface area (Å²) in [6.45, 7) is 0. The van der Waals surface area contributed by atoms with Crippen LogP contribution in [0.3, 0.4) is 0 Å². The average molecular weight is 361 g/mol. The van der Waals surface area contributed by atoms with Crippen LogP contribution < -0.4 is 4.57 Å². The maximum absolute atomic E-state index is 4.68. The van der Waals surface area contributed by atoms with Crippen molar-refractivity contribution in [1.29, 1.82) is 0 Å². The highest BCUT2D eigenvalue weighted by atomic mass is 15.0. The average Bonchev–Trinajstić information content (AvgIpc) is 2.79. The number of rotatable bonds is 3. The van der Waals surface area contributed by atoms with Gasteiger partial charge < -0.3 is 0 Å². The first-order chi connectivity index (χ1) is 13.9. The number of hydrogen-bond donors (Lipinski definition) is 0. The molecule has 5 rings (SSSR count). The number of pyridine rings is 1. The Kier molecular flexibility index (Phi) is 4.07. The third-order valence-corrected chi connectivity index (χ3v) is 4.69. The van der Waals surface area contributed by atoms with Gasteiger partial charge in [0.25, 0.3) is 0 Å². The third kappa shape index (κ3) is 3.01. The van der Waals surface area contributed by atoms with Gasteiger partial charge in [-0.1, -0.05) is 54.6 Å². The van der Waals surface area contributed by atoms with E-state index in [9.17, 15) is 0 Å². The summed E-state index contributed by atoms with van der Waals surface area (Å²) in [6, 6.07) is 30.7. The van der Waals surface area contributed by atoms with Crippen molar-refractivity contribution >= 4 is 10.9 Å². The van der Waals surface area contributed by atoms with Gasteiger partial charge in [0.05, 0.1) is 0 Å². The van der Waals surface area contributed by atoms with Crippen LogP contribution in [-0.2, 0) is 0 Å². The van der Waals surface area contributed by atoms with Crippen LogP contribution >= 0.6 is 0 Å². The minimum Gasteiger partial charge on any atom is -0.217 e. The molecule has 0 aliphatic carbocycles. The van der Waals surface area contributed by atoms with Gasteiger partial charge in [-0.05, 0) is 12.1 Å². The Morgan fingerprint density at radius 3 is 2.21 bits per heavy atom. The number of hydrogen-bond acceptors (Lipinski definition) is 3. The van der Waals surface area contributed by atoms with Crippen molar-refractivity contribution in [2.75, 3.05) is 0 Å². The monoisotopic (exact) mass is 361 g/mol. The zero-order valence-electron chi connectivity index (χ0n) is 15.1. The fraction of sp³-hybridized carbons (Fsp3) is 0. The third-order valence-electron chi connectivity index (χ3n) is 4.69. The molecule has 0 N–H and O–H groups in total. The number of nitrogens with zero attached hydrogens (tertiary/aromatic N) is 4. The Morgan fingerprint density at radius 1 is 0.607 bits per heavy atom. The molecule has 2 heterocycles. The highest BCUT2D eigenvalue weighted by Crippen LogP contribution is 2.20. The molecule has 0 atom stereocenters. The standard InChI is InChI=1S/C24H17N4/c1-2-9-19(10-3-1)23-25-17-26-24(27-23)20-11-6-13-21(16-20)28-15-7-12-18-8-4-5-14-22(18)28/h1-17H/q+1. The van der Waals surface area contributed by atoms with E-state index in [2.05, 4.69) is 74.2 Å². The molecular weight excluding hydrogens is 344 g/mol. The Morgan fingerprint density at radius 2 is 1.32 bits per heavy atom. The second kappa shape index (κ2) is 7.00. The number of para-hydroxylation sites is 1. The van der Waals surface area contributed by atoms with Crippen LogP contribution in [0, 0.1) is 0 Å². The second-order valence-electron chi connectivity index (χ2n) is 6.49. The van der Waals surface area contributed by atoms with Gasteiger partial charge in [-0.3, -0.25) is 0 Å². The minimum atomic E-state index is 0.663. The minimum absolute atomic E-state index is 0.663. The molecule has 132 valence electrons. The second-order valence-corrected chi connectivity index (χ2v) is 6.49. The summed E-state index contributed by atoms with van der Waals surface area (Å²) >= 11 is 0. The van der Waals surface area contributed by atoms with Crippen LogP contribution in [0.25, 0.3) is 39.4 Å². The molecular formula is C24H17N4+. The normalized spacial score (nSPS) is 10.9. The van der Waals surface area contributed by atoms with Gasteiger partial charge in [-0.25, -0.2) is 15.0 Å². The van der Waals surface area contributed by atoms with Crippen LogP contribution in [0.1, 0.15) is 0 Å². The first kappa shape index (κ1) is 16.3. The van der Waals surface area contributed by atoms with Gasteiger partial charge in [-0.15, -0.1) is 0 Å². The molecule has 0 aliphatic heterocycles. The molecule has 3 aromatic carbocycles. The summed E-state index contributed by atoms with van der Waals surface area (Å²) in [5, 5.41) is 1.20. The number of benzene rings is 3. The number of fused-ring (bicyclic) bond motifs is 1. The first-order valence-corrected chi connectivity index (χ1v) is 9.13. The van der Waals surface area contributed by atoms with E-state index in [1.165, 1.54) is 5.39 Å². The predicted molar refractivity (Wildman–Crippen MR) is 110 cm³/mol. The maximum Gasteiger partial charge on any atom is 0.218 e. The molecule has 2 aromatic heterocycles. The Labute approximate surface area is 162 Å². The Bertz CT molecular complexity index is 1260. The van der Waals surface area contributed by atoms with E-state index in [0.717, 1.165) is 22.3 Å². The van der Waals surface area contributed by atoms with E-state index in [1.807, 2.05) is 42.5 Å². The molecule has 0 saturated carbocycles. The molecule has 0 fully saturated rings. The van der Waals surface area contributed by atoms with E-state index < -0.39 is 0 Å². The summed E-state index contributed by atoms with van der Waals surface area (Å²) < 4.78 is 2.18. The van der Waals surface area contributed by atoms with Crippen molar-refractivity contribution in [3.8, 4) is 28.5 Å². The largest absolute Gasteiger partial charge is 0.218 e. The van der Waals surface area contributed by atoms with Gasteiger partial charge in [0.15, 0.2) is 17.8 Å². The highest BCUT2D eigenvalue weighted by molar-refractivity contribution is 5.75. The smallest absolute Gasteiger partial charge is 0.217 e. The quantitative estimate of drug-likeness (QED) is 0.440. The summed E-state index contributed by atoms with van der Waals surface area (Å²) in [7, 11) is 0. The van der Waals surface area contributed by atoms with Crippen molar-refractivity contribution in [3.63, 3.8) is 0 Å².